The van der Waals surface area contributed by atoms with Gasteiger partial charge in [-0.25, -0.2) is 9.89 Å². The van der Waals surface area contributed by atoms with Crippen LogP contribution >= 0.6 is 12.2 Å². The highest BCUT2D eigenvalue weighted by Crippen LogP contribution is 2.05. The Labute approximate surface area is 96.0 Å². The van der Waals surface area contributed by atoms with Crippen molar-refractivity contribution in [3.8, 4) is 6.07 Å². The van der Waals surface area contributed by atoms with Crippen molar-refractivity contribution in [2.45, 2.75) is 6.54 Å². The van der Waals surface area contributed by atoms with Gasteiger partial charge in [-0.1, -0.05) is 12.1 Å². The monoisotopic (exact) mass is 232 g/mol. The average Bonchev–Trinajstić information content (AvgIpc) is 2.61. The highest BCUT2D eigenvalue weighted by molar-refractivity contribution is 7.71. The first-order valence-electron chi connectivity index (χ1n) is 4.57. The largest absolute Gasteiger partial charge is 0.342 e. The first-order chi connectivity index (χ1) is 7.70. The number of aromatic nitrogens is 3. The van der Waals surface area contributed by atoms with Crippen molar-refractivity contribution < 1.29 is 0 Å². The van der Waals surface area contributed by atoms with Gasteiger partial charge < -0.3 is 0 Å². The zero-order valence-corrected chi connectivity index (χ0v) is 9.04. The smallest absolute Gasteiger partial charge is 0.272 e. The van der Waals surface area contributed by atoms with Gasteiger partial charge in [-0.05, 0) is 29.9 Å². The normalized spacial score (nSPS) is 9.94. The van der Waals surface area contributed by atoms with Gasteiger partial charge in [-0.15, -0.1) is 0 Å². The average molecular weight is 232 g/mol. The van der Waals surface area contributed by atoms with E-state index in [1.54, 1.807) is 18.2 Å². The van der Waals surface area contributed by atoms with Crippen LogP contribution < -0.4 is 5.69 Å². The molecule has 16 heavy (non-hydrogen) atoms. The molecule has 0 radical (unpaired) electrons. The predicted molar refractivity (Wildman–Crippen MR) is 60.5 cm³/mol. The summed E-state index contributed by atoms with van der Waals surface area (Å²) in [5.41, 5.74) is 1.14. The number of nitrogens with zero attached hydrogens (tertiary/aromatic N) is 2. The minimum Gasteiger partial charge on any atom is -0.272 e. The van der Waals surface area contributed by atoms with Crippen LogP contribution in [0.2, 0.25) is 0 Å². The van der Waals surface area contributed by atoms with Crippen LogP contribution in [0.4, 0.5) is 0 Å². The van der Waals surface area contributed by atoms with E-state index in [0.717, 1.165) is 5.56 Å². The lowest BCUT2D eigenvalue weighted by atomic mass is 10.1. The zero-order valence-electron chi connectivity index (χ0n) is 8.23. The zero-order chi connectivity index (χ0) is 11.5. The van der Waals surface area contributed by atoms with Gasteiger partial charge in [0.1, 0.15) is 0 Å². The van der Waals surface area contributed by atoms with Crippen molar-refractivity contribution in [1.29, 1.82) is 5.26 Å². The quantitative estimate of drug-likeness (QED) is 0.762. The van der Waals surface area contributed by atoms with Crippen molar-refractivity contribution in [3.63, 3.8) is 0 Å². The van der Waals surface area contributed by atoms with Gasteiger partial charge in [0.2, 0.25) is 0 Å². The van der Waals surface area contributed by atoms with Crippen LogP contribution in [0.3, 0.4) is 0 Å². The van der Waals surface area contributed by atoms with Gasteiger partial charge >= 0.3 is 5.69 Å². The molecular formula is C10H8N4OS. The van der Waals surface area contributed by atoms with Gasteiger partial charge in [0, 0.05) is 0 Å². The highest BCUT2D eigenvalue weighted by atomic mass is 32.1. The summed E-state index contributed by atoms with van der Waals surface area (Å²) in [6, 6.07) is 9.11. The molecule has 0 aliphatic rings. The number of nitrogens with one attached hydrogen (secondary N) is 2. The Morgan fingerprint density at radius 1 is 1.44 bits per heavy atom. The number of benzene rings is 1. The molecule has 2 rings (SSSR count). The molecule has 2 aromatic rings. The molecular weight excluding hydrogens is 224 g/mol. The molecule has 0 bridgehead atoms. The number of hydrogen-bond donors (Lipinski definition) is 2. The molecule has 0 aliphatic heterocycles. The molecule has 6 heteroatoms. The fourth-order valence-electron chi connectivity index (χ4n) is 1.40. The molecule has 80 valence electrons. The Bertz CT molecular complexity index is 631. The SMILES string of the molecule is N#Cc1cccc(Cn2c(=O)[nH][nH]c2=S)c1. The second-order valence-electron chi connectivity index (χ2n) is 3.26. The van der Waals surface area contributed by atoms with Crippen LogP contribution in [0.15, 0.2) is 29.1 Å². The number of nitriles is 1. The summed E-state index contributed by atoms with van der Waals surface area (Å²) >= 11 is 4.94. The third-order valence-electron chi connectivity index (χ3n) is 2.16. The van der Waals surface area contributed by atoms with Gasteiger partial charge in [0.25, 0.3) is 0 Å². The van der Waals surface area contributed by atoms with Crippen molar-refractivity contribution in [2.75, 3.05) is 0 Å². The van der Waals surface area contributed by atoms with Crippen LogP contribution in [0, 0.1) is 16.1 Å². The Morgan fingerprint density at radius 2 is 2.25 bits per heavy atom. The second-order valence-corrected chi connectivity index (χ2v) is 3.65. The molecule has 5 nitrogen and oxygen atoms in total. The summed E-state index contributed by atoms with van der Waals surface area (Å²) in [5.74, 6) is 0. The number of H-pyrrole nitrogens is 2. The van der Waals surface area contributed by atoms with Gasteiger partial charge in [-0.2, -0.15) is 5.26 Å². The molecule has 0 saturated heterocycles. The number of aromatic amines is 2. The topological polar surface area (TPSA) is 77.4 Å². The summed E-state index contributed by atoms with van der Waals surface area (Å²) in [5, 5.41) is 13.7. The Hall–Kier alpha value is -2.13. The van der Waals surface area contributed by atoms with E-state index >= 15 is 0 Å². The van der Waals surface area contributed by atoms with E-state index in [0.29, 0.717) is 16.9 Å². The summed E-state index contributed by atoms with van der Waals surface area (Å²) in [4.78, 5) is 11.3. The molecule has 1 heterocycles. The molecule has 2 N–H and O–H groups in total. The first-order valence-corrected chi connectivity index (χ1v) is 4.98. The van der Waals surface area contributed by atoms with E-state index in [-0.39, 0.29) is 5.69 Å². The maximum atomic E-state index is 11.3. The van der Waals surface area contributed by atoms with Crippen molar-refractivity contribution in [2.24, 2.45) is 0 Å². The van der Waals surface area contributed by atoms with E-state index in [2.05, 4.69) is 10.2 Å². The van der Waals surface area contributed by atoms with Gasteiger partial charge in [0.15, 0.2) is 4.77 Å². The van der Waals surface area contributed by atoms with E-state index in [1.165, 1.54) is 4.57 Å². The molecule has 0 saturated carbocycles. The number of rotatable bonds is 2. The lowest BCUT2D eigenvalue weighted by molar-refractivity contribution is 0.751. The molecule has 0 atom stereocenters. The second kappa shape index (κ2) is 4.16. The third kappa shape index (κ3) is 1.94. The van der Waals surface area contributed by atoms with Crippen molar-refractivity contribution in [3.05, 3.63) is 50.6 Å². The Balaban J connectivity index is 2.38. The fourth-order valence-corrected chi connectivity index (χ4v) is 1.60. The van der Waals surface area contributed by atoms with E-state index in [4.69, 9.17) is 17.5 Å². The third-order valence-corrected chi connectivity index (χ3v) is 2.49. The summed E-state index contributed by atoms with van der Waals surface area (Å²) < 4.78 is 1.73. The molecule has 1 aromatic carbocycles. The summed E-state index contributed by atoms with van der Waals surface area (Å²) in [6.45, 7) is 0.354. The molecule has 0 fully saturated rings. The highest BCUT2D eigenvalue weighted by Gasteiger charge is 2.02. The first kappa shape index (κ1) is 10.4. The number of hydrogen-bond acceptors (Lipinski definition) is 3. The summed E-state index contributed by atoms with van der Waals surface area (Å²) in [6.07, 6.45) is 0. The Morgan fingerprint density at radius 3 is 2.88 bits per heavy atom. The van der Waals surface area contributed by atoms with Crippen LogP contribution in [0.5, 0.6) is 0 Å². The van der Waals surface area contributed by atoms with Crippen molar-refractivity contribution >= 4 is 12.2 Å². The van der Waals surface area contributed by atoms with E-state index in [1.807, 2.05) is 12.1 Å². The van der Waals surface area contributed by atoms with Crippen molar-refractivity contribution in [1.82, 2.24) is 14.8 Å². The minimum absolute atomic E-state index is 0.285. The minimum atomic E-state index is -0.285. The lowest BCUT2D eigenvalue weighted by Gasteiger charge is -2.00. The maximum absolute atomic E-state index is 11.3. The molecule has 0 spiro atoms. The van der Waals surface area contributed by atoms with Crippen LogP contribution in [-0.2, 0) is 6.54 Å². The van der Waals surface area contributed by atoms with E-state index in [9.17, 15) is 4.79 Å². The lowest BCUT2D eigenvalue weighted by Crippen LogP contribution is -2.17. The maximum Gasteiger partial charge on any atom is 0.342 e. The van der Waals surface area contributed by atoms with Gasteiger partial charge in [0.05, 0.1) is 18.2 Å². The fraction of sp³-hybridized carbons (Fsp3) is 0.100. The molecule has 1 aromatic heterocycles. The van der Waals surface area contributed by atoms with Crippen LogP contribution in [0.1, 0.15) is 11.1 Å². The van der Waals surface area contributed by atoms with Gasteiger partial charge in [-0.3, -0.25) is 9.67 Å². The molecule has 0 aliphatic carbocycles. The molecule has 0 unspecified atom stereocenters. The van der Waals surface area contributed by atoms with E-state index < -0.39 is 0 Å². The van der Waals surface area contributed by atoms with Crippen LogP contribution in [0.25, 0.3) is 0 Å². The predicted octanol–water partition coefficient (Wildman–Crippen LogP) is 1.15. The standard InChI is InChI=1S/C10H8N4OS/c11-5-7-2-1-3-8(4-7)6-14-9(15)12-13-10(14)16/h1-4H,6H2,(H,12,15)(H,13,16). The Kier molecular flexibility index (Phi) is 2.70. The molecule has 0 amide bonds. The van der Waals surface area contributed by atoms with Crippen LogP contribution in [-0.4, -0.2) is 14.8 Å². The summed E-state index contributed by atoms with van der Waals surface area (Å²) in [7, 11) is 0.